The maximum Gasteiger partial charge on any atom is 0.337 e. The fourth-order valence-electron chi connectivity index (χ4n) is 2.50. The van der Waals surface area contributed by atoms with Crippen molar-refractivity contribution in [1.82, 2.24) is 10.2 Å². The van der Waals surface area contributed by atoms with Gasteiger partial charge in [-0.05, 0) is 44.1 Å². The molecule has 0 aliphatic carbocycles. The lowest BCUT2D eigenvalue weighted by Crippen LogP contribution is -2.35. The number of likely N-dealkylation sites (tertiary alicyclic amines) is 1. The van der Waals surface area contributed by atoms with Crippen molar-refractivity contribution in [2.45, 2.75) is 25.4 Å². The van der Waals surface area contributed by atoms with Gasteiger partial charge < -0.3 is 15.0 Å². The highest BCUT2D eigenvalue weighted by molar-refractivity contribution is 5.89. The number of esters is 1. The van der Waals surface area contributed by atoms with Crippen LogP contribution in [0.25, 0.3) is 0 Å². The molecule has 104 valence electrons. The van der Waals surface area contributed by atoms with Gasteiger partial charge in [-0.1, -0.05) is 12.1 Å². The fraction of sp³-hybridized carbons (Fsp3) is 0.533. The Kier molecular flexibility index (Phi) is 4.93. The second-order valence-corrected chi connectivity index (χ2v) is 5.10. The Labute approximate surface area is 114 Å². The Morgan fingerprint density at radius 2 is 2.16 bits per heavy atom. The monoisotopic (exact) mass is 262 g/mol. The van der Waals surface area contributed by atoms with Crippen LogP contribution in [0.1, 0.15) is 28.8 Å². The number of nitrogens with zero attached hydrogens (tertiary/aromatic N) is 1. The lowest BCUT2D eigenvalue weighted by molar-refractivity contribution is 0.0600. The van der Waals surface area contributed by atoms with Crippen LogP contribution in [0, 0.1) is 0 Å². The largest absolute Gasteiger partial charge is 0.465 e. The smallest absolute Gasteiger partial charge is 0.337 e. The van der Waals surface area contributed by atoms with Crippen LogP contribution in [0.4, 0.5) is 0 Å². The van der Waals surface area contributed by atoms with E-state index < -0.39 is 0 Å². The molecule has 1 N–H and O–H groups in total. The van der Waals surface area contributed by atoms with Crippen LogP contribution < -0.4 is 5.32 Å². The highest BCUT2D eigenvalue weighted by Crippen LogP contribution is 2.13. The number of nitrogens with one attached hydrogen (secondary N) is 1. The molecule has 2 rings (SSSR count). The standard InChI is InChI=1S/C15H22N2O2/c1-17-9-3-4-14(17)11-16-10-12-5-7-13(8-6-12)15(18)19-2/h5-8,14,16H,3-4,9-11H2,1-2H3. The van der Waals surface area contributed by atoms with E-state index >= 15 is 0 Å². The fourth-order valence-corrected chi connectivity index (χ4v) is 2.50. The van der Waals surface area contributed by atoms with Gasteiger partial charge >= 0.3 is 5.97 Å². The summed E-state index contributed by atoms with van der Waals surface area (Å²) in [6.45, 7) is 3.07. The summed E-state index contributed by atoms with van der Waals surface area (Å²) in [5.74, 6) is -0.285. The minimum atomic E-state index is -0.285. The Balaban J connectivity index is 1.78. The van der Waals surface area contributed by atoms with Gasteiger partial charge in [0.15, 0.2) is 0 Å². The van der Waals surface area contributed by atoms with Gasteiger partial charge in [-0.25, -0.2) is 4.79 Å². The van der Waals surface area contributed by atoms with Crippen molar-refractivity contribution < 1.29 is 9.53 Å². The van der Waals surface area contributed by atoms with E-state index in [1.165, 1.54) is 32.1 Å². The number of carbonyl (C=O) groups is 1. The number of hydrogen-bond acceptors (Lipinski definition) is 4. The van der Waals surface area contributed by atoms with Crippen LogP contribution in [0.3, 0.4) is 0 Å². The minimum Gasteiger partial charge on any atom is -0.465 e. The molecule has 1 saturated heterocycles. The molecule has 1 aliphatic rings. The van der Waals surface area contributed by atoms with Crippen molar-refractivity contribution in [3.8, 4) is 0 Å². The minimum absolute atomic E-state index is 0.285. The van der Waals surface area contributed by atoms with Crippen molar-refractivity contribution in [3.63, 3.8) is 0 Å². The molecular formula is C15H22N2O2. The molecule has 1 fully saturated rings. The highest BCUT2D eigenvalue weighted by atomic mass is 16.5. The van der Waals surface area contributed by atoms with Gasteiger partial charge in [0.1, 0.15) is 0 Å². The molecule has 4 nitrogen and oxygen atoms in total. The van der Waals surface area contributed by atoms with Crippen LogP contribution in [0.2, 0.25) is 0 Å². The summed E-state index contributed by atoms with van der Waals surface area (Å²) in [6.07, 6.45) is 2.58. The second kappa shape index (κ2) is 6.68. The van der Waals surface area contributed by atoms with E-state index in [2.05, 4.69) is 22.0 Å². The average molecular weight is 262 g/mol. The van der Waals surface area contributed by atoms with E-state index in [0.29, 0.717) is 11.6 Å². The summed E-state index contributed by atoms with van der Waals surface area (Å²) in [6, 6.07) is 8.22. The normalized spacial score (nSPS) is 19.6. The molecule has 0 spiro atoms. The Hall–Kier alpha value is -1.39. The Bertz CT molecular complexity index is 417. The van der Waals surface area contributed by atoms with Gasteiger partial charge in [0.25, 0.3) is 0 Å². The van der Waals surface area contributed by atoms with E-state index in [4.69, 9.17) is 0 Å². The van der Waals surface area contributed by atoms with E-state index in [-0.39, 0.29) is 5.97 Å². The number of benzene rings is 1. The molecule has 1 heterocycles. The molecular weight excluding hydrogens is 240 g/mol. The molecule has 1 aliphatic heterocycles. The molecule has 0 radical (unpaired) electrons. The average Bonchev–Trinajstić information content (AvgIpc) is 2.84. The molecule has 4 heteroatoms. The lowest BCUT2D eigenvalue weighted by atomic mass is 10.1. The Morgan fingerprint density at radius 3 is 2.74 bits per heavy atom. The summed E-state index contributed by atoms with van der Waals surface area (Å²) in [5.41, 5.74) is 1.79. The summed E-state index contributed by atoms with van der Waals surface area (Å²) >= 11 is 0. The topological polar surface area (TPSA) is 41.6 Å². The quantitative estimate of drug-likeness (QED) is 0.819. The number of carbonyl (C=O) groups excluding carboxylic acids is 1. The molecule has 0 saturated carbocycles. The van der Waals surface area contributed by atoms with Gasteiger partial charge in [-0.3, -0.25) is 0 Å². The zero-order valence-electron chi connectivity index (χ0n) is 11.7. The van der Waals surface area contributed by atoms with Crippen LogP contribution in [-0.2, 0) is 11.3 Å². The maximum absolute atomic E-state index is 11.3. The van der Waals surface area contributed by atoms with E-state index in [0.717, 1.165) is 13.1 Å². The van der Waals surface area contributed by atoms with Crippen LogP contribution >= 0.6 is 0 Å². The number of methoxy groups -OCH3 is 1. The SMILES string of the molecule is COC(=O)c1ccc(CNCC2CCCN2C)cc1. The summed E-state index contributed by atoms with van der Waals surface area (Å²) < 4.78 is 4.68. The second-order valence-electron chi connectivity index (χ2n) is 5.10. The molecule has 1 aromatic rings. The predicted molar refractivity (Wildman–Crippen MR) is 75.1 cm³/mol. The zero-order chi connectivity index (χ0) is 13.7. The summed E-state index contributed by atoms with van der Waals surface area (Å²) in [5, 5.41) is 3.48. The summed E-state index contributed by atoms with van der Waals surface area (Å²) in [7, 11) is 3.58. The maximum atomic E-state index is 11.3. The molecule has 0 aromatic heterocycles. The first-order chi connectivity index (χ1) is 9.20. The van der Waals surface area contributed by atoms with E-state index in [1.54, 1.807) is 0 Å². The lowest BCUT2D eigenvalue weighted by Gasteiger charge is -2.19. The van der Waals surface area contributed by atoms with Crippen molar-refractivity contribution >= 4 is 5.97 Å². The van der Waals surface area contributed by atoms with Gasteiger partial charge in [-0.2, -0.15) is 0 Å². The third-order valence-corrected chi connectivity index (χ3v) is 3.76. The zero-order valence-corrected chi connectivity index (χ0v) is 11.7. The molecule has 0 amide bonds. The highest BCUT2D eigenvalue weighted by Gasteiger charge is 2.19. The van der Waals surface area contributed by atoms with Gasteiger partial charge in [0, 0.05) is 19.1 Å². The molecule has 0 bridgehead atoms. The number of hydrogen-bond donors (Lipinski definition) is 1. The molecule has 19 heavy (non-hydrogen) atoms. The van der Waals surface area contributed by atoms with Gasteiger partial charge in [0.2, 0.25) is 0 Å². The Morgan fingerprint density at radius 1 is 1.42 bits per heavy atom. The van der Waals surface area contributed by atoms with Gasteiger partial charge in [-0.15, -0.1) is 0 Å². The first kappa shape index (κ1) is 14.0. The number of rotatable bonds is 5. The third kappa shape index (κ3) is 3.78. The van der Waals surface area contributed by atoms with E-state index in [9.17, 15) is 4.79 Å². The third-order valence-electron chi connectivity index (χ3n) is 3.76. The van der Waals surface area contributed by atoms with E-state index in [1.807, 2.05) is 24.3 Å². The summed E-state index contributed by atoms with van der Waals surface area (Å²) in [4.78, 5) is 13.7. The van der Waals surface area contributed by atoms with Crippen molar-refractivity contribution in [3.05, 3.63) is 35.4 Å². The predicted octanol–water partition coefficient (Wildman–Crippen LogP) is 1.66. The van der Waals surface area contributed by atoms with Crippen LogP contribution in [0.5, 0.6) is 0 Å². The van der Waals surface area contributed by atoms with Crippen LogP contribution in [0.15, 0.2) is 24.3 Å². The van der Waals surface area contributed by atoms with Crippen molar-refractivity contribution in [2.75, 3.05) is 27.2 Å². The first-order valence-electron chi connectivity index (χ1n) is 6.79. The molecule has 1 aromatic carbocycles. The number of likely N-dealkylation sites (N-methyl/N-ethyl adjacent to an activating group) is 1. The van der Waals surface area contributed by atoms with Gasteiger partial charge in [0.05, 0.1) is 12.7 Å². The van der Waals surface area contributed by atoms with Crippen molar-refractivity contribution in [1.29, 1.82) is 0 Å². The molecule has 1 unspecified atom stereocenters. The van der Waals surface area contributed by atoms with Crippen molar-refractivity contribution in [2.24, 2.45) is 0 Å². The first-order valence-corrected chi connectivity index (χ1v) is 6.79. The molecule has 1 atom stereocenters. The van der Waals surface area contributed by atoms with Crippen LogP contribution in [-0.4, -0.2) is 44.2 Å². The number of ether oxygens (including phenoxy) is 1.